The highest BCUT2D eigenvalue weighted by atomic mass is 14.2. The Morgan fingerprint density at radius 3 is 2.22 bits per heavy atom. The summed E-state index contributed by atoms with van der Waals surface area (Å²) in [6.07, 6.45) is 0.965. The van der Waals surface area contributed by atoms with Gasteiger partial charge in [-0.05, 0) is 51.9 Å². The van der Waals surface area contributed by atoms with E-state index in [1.165, 1.54) is 32.7 Å². The van der Waals surface area contributed by atoms with Crippen LogP contribution in [0.4, 0.5) is 0 Å². The Morgan fingerprint density at radius 2 is 1.35 bits per heavy atom. The van der Waals surface area contributed by atoms with Crippen molar-refractivity contribution in [2.24, 2.45) is 0 Å². The molecule has 0 spiro atoms. The number of hydrogen-bond acceptors (Lipinski definition) is 0. The molecule has 1 atom stereocenters. The summed E-state index contributed by atoms with van der Waals surface area (Å²) < 4.78 is 0. The molecule has 0 heteroatoms. The van der Waals surface area contributed by atoms with Gasteiger partial charge in [0.15, 0.2) is 0 Å². The molecule has 0 amide bonds. The van der Waals surface area contributed by atoms with Gasteiger partial charge < -0.3 is 0 Å². The molecule has 0 aliphatic carbocycles. The van der Waals surface area contributed by atoms with E-state index >= 15 is 0 Å². The lowest BCUT2D eigenvalue weighted by Crippen LogP contribution is -1.99. The minimum Gasteiger partial charge on any atom is -0.0622 e. The van der Waals surface area contributed by atoms with Gasteiger partial charge in [-0.15, -0.1) is 0 Å². The van der Waals surface area contributed by atoms with Crippen LogP contribution in [-0.2, 0) is 6.42 Å². The van der Waals surface area contributed by atoms with Crippen LogP contribution in [0.2, 0.25) is 0 Å². The summed E-state index contributed by atoms with van der Waals surface area (Å²) >= 11 is 0. The van der Waals surface area contributed by atoms with Crippen LogP contribution < -0.4 is 0 Å². The average Bonchev–Trinajstić information content (AvgIpc) is 2.62. The predicted molar refractivity (Wildman–Crippen MR) is 99.7 cm³/mol. The van der Waals surface area contributed by atoms with Crippen LogP contribution in [0.1, 0.15) is 17.0 Å². The molecule has 0 aliphatic heterocycles. The second kappa shape index (κ2) is 5.89. The maximum Gasteiger partial charge on any atom is -0.0103 e. The molecule has 0 aliphatic rings. The molecule has 0 aromatic heterocycles. The Hall–Kier alpha value is -2.60. The molecular formula is C23H19. The zero-order chi connectivity index (χ0) is 15.6. The van der Waals surface area contributed by atoms with Gasteiger partial charge in [-0.1, -0.05) is 84.9 Å². The Bertz CT molecular complexity index is 951. The summed E-state index contributed by atoms with van der Waals surface area (Å²) in [5.41, 5.74) is 2.67. The molecule has 111 valence electrons. The second-order valence-corrected chi connectivity index (χ2v) is 6.12. The van der Waals surface area contributed by atoms with Crippen LogP contribution >= 0.6 is 0 Å². The lowest BCUT2D eigenvalue weighted by Gasteiger charge is -2.16. The van der Waals surface area contributed by atoms with Gasteiger partial charge in [0.1, 0.15) is 0 Å². The van der Waals surface area contributed by atoms with E-state index in [1.54, 1.807) is 0 Å². The van der Waals surface area contributed by atoms with Crippen LogP contribution in [0.3, 0.4) is 0 Å². The molecule has 4 rings (SSSR count). The van der Waals surface area contributed by atoms with Crippen molar-refractivity contribution in [1.82, 2.24) is 0 Å². The maximum absolute atomic E-state index is 4.43. The third-order valence-corrected chi connectivity index (χ3v) is 4.59. The average molecular weight is 295 g/mol. The molecule has 1 radical (unpaired) electrons. The van der Waals surface area contributed by atoms with Crippen molar-refractivity contribution in [2.75, 3.05) is 0 Å². The van der Waals surface area contributed by atoms with Gasteiger partial charge in [-0.3, -0.25) is 0 Å². The molecule has 23 heavy (non-hydrogen) atoms. The van der Waals surface area contributed by atoms with Crippen LogP contribution in [0, 0.1) is 6.92 Å². The SMILES string of the molecule is [CH2]C(Cc1ccccc1)c1cccc2c1ccc1ccccc12. The molecule has 0 saturated heterocycles. The molecule has 4 aromatic rings. The standard InChI is InChI=1S/C23H19/c1-17(16-18-8-3-2-4-9-18)20-12-7-13-22-21-11-6-5-10-19(21)14-15-23(20)22/h2-15,17H,1,16H2. The molecule has 4 aromatic carbocycles. The van der Waals surface area contributed by atoms with E-state index in [-0.39, 0.29) is 5.92 Å². The first-order valence-electron chi connectivity index (χ1n) is 8.10. The van der Waals surface area contributed by atoms with Crippen molar-refractivity contribution < 1.29 is 0 Å². The van der Waals surface area contributed by atoms with Crippen LogP contribution in [-0.4, -0.2) is 0 Å². The monoisotopic (exact) mass is 295 g/mol. The van der Waals surface area contributed by atoms with Gasteiger partial charge in [0.2, 0.25) is 0 Å². The lowest BCUT2D eigenvalue weighted by molar-refractivity contribution is 0.840. The number of rotatable bonds is 3. The normalized spacial score (nSPS) is 12.6. The topological polar surface area (TPSA) is 0 Å². The zero-order valence-corrected chi connectivity index (χ0v) is 13.1. The highest BCUT2D eigenvalue weighted by Crippen LogP contribution is 2.32. The Balaban J connectivity index is 1.82. The quantitative estimate of drug-likeness (QED) is 0.397. The molecule has 0 heterocycles. The molecule has 0 N–H and O–H groups in total. The predicted octanol–water partition coefficient (Wildman–Crippen LogP) is 6.15. The molecule has 0 bridgehead atoms. The fourth-order valence-electron chi connectivity index (χ4n) is 3.43. The van der Waals surface area contributed by atoms with Gasteiger partial charge in [-0.2, -0.15) is 0 Å². The summed E-state index contributed by atoms with van der Waals surface area (Å²) in [7, 11) is 0. The lowest BCUT2D eigenvalue weighted by atomic mass is 9.88. The Labute approximate surface area is 137 Å². The smallest absolute Gasteiger partial charge is 0.0103 e. The molecule has 1 unspecified atom stereocenters. The third kappa shape index (κ3) is 2.61. The van der Waals surface area contributed by atoms with Gasteiger partial charge in [0.05, 0.1) is 0 Å². The van der Waals surface area contributed by atoms with Crippen molar-refractivity contribution in [3.8, 4) is 0 Å². The summed E-state index contributed by atoms with van der Waals surface area (Å²) in [6, 6.07) is 30.3. The summed E-state index contributed by atoms with van der Waals surface area (Å²) in [5, 5.41) is 5.25. The van der Waals surface area contributed by atoms with E-state index < -0.39 is 0 Å². The highest BCUT2D eigenvalue weighted by Gasteiger charge is 2.11. The van der Waals surface area contributed by atoms with Crippen molar-refractivity contribution >= 4 is 21.5 Å². The van der Waals surface area contributed by atoms with Crippen LogP contribution in [0.5, 0.6) is 0 Å². The minimum atomic E-state index is 0.252. The van der Waals surface area contributed by atoms with Gasteiger partial charge in [0, 0.05) is 0 Å². The van der Waals surface area contributed by atoms with E-state index in [4.69, 9.17) is 0 Å². The van der Waals surface area contributed by atoms with Crippen LogP contribution in [0.25, 0.3) is 21.5 Å². The van der Waals surface area contributed by atoms with Gasteiger partial charge in [0.25, 0.3) is 0 Å². The second-order valence-electron chi connectivity index (χ2n) is 6.12. The van der Waals surface area contributed by atoms with E-state index in [2.05, 4.69) is 91.9 Å². The first-order chi connectivity index (χ1) is 11.3. The fraction of sp³-hybridized carbons (Fsp3) is 0.0870. The van der Waals surface area contributed by atoms with Crippen molar-refractivity contribution in [1.29, 1.82) is 0 Å². The van der Waals surface area contributed by atoms with Crippen molar-refractivity contribution in [3.05, 3.63) is 103 Å². The number of fused-ring (bicyclic) bond motifs is 3. The van der Waals surface area contributed by atoms with Crippen molar-refractivity contribution in [3.63, 3.8) is 0 Å². The van der Waals surface area contributed by atoms with E-state index in [0.717, 1.165) is 6.42 Å². The molecule has 0 nitrogen and oxygen atoms in total. The van der Waals surface area contributed by atoms with E-state index in [1.807, 2.05) is 0 Å². The van der Waals surface area contributed by atoms with E-state index in [9.17, 15) is 0 Å². The fourth-order valence-corrected chi connectivity index (χ4v) is 3.43. The molecule has 0 saturated carbocycles. The molecule has 0 fully saturated rings. The summed E-state index contributed by atoms with van der Waals surface area (Å²) in [5.74, 6) is 0.252. The number of benzene rings is 4. The molecular weight excluding hydrogens is 276 g/mol. The largest absolute Gasteiger partial charge is 0.0622 e. The number of hydrogen-bond donors (Lipinski definition) is 0. The van der Waals surface area contributed by atoms with Gasteiger partial charge in [-0.25, -0.2) is 0 Å². The zero-order valence-electron chi connectivity index (χ0n) is 13.1. The minimum absolute atomic E-state index is 0.252. The third-order valence-electron chi connectivity index (χ3n) is 4.59. The first-order valence-corrected chi connectivity index (χ1v) is 8.10. The maximum atomic E-state index is 4.43. The Kier molecular flexibility index (Phi) is 3.59. The highest BCUT2D eigenvalue weighted by molar-refractivity contribution is 6.08. The summed E-state index contributed by atoms with van der Waals surface area (Å²) in [4.78, 5) is 0. The first kappa shape index (κ1) is 14.0. The van der Waals surface area contributed by atoms with Gasteiger partial charge >= 0.3 is 0 Å². The van der Waals surface area contributed by atoms with E-state index in [0.29, 0.717) is 0 Å². The Morgan fingerprint density at radius 1 is 0.609 bits per heavy atom. The van der Waals surface area contributed by atoms with Crippen molar-refractivity contribution in [2.45, 2.75) is 12.3 Å². The van der Waals surface area contributed by atoms with Crippen LogP contribution in [0.15, 0.2) is 84.9 Å². The summed E-state index contributed by atoms with van der Waals surface area (Å²) in [6.45, 7) is 4.43.